The molecular formula is C63H37NO3. The third-order valence-corrected chi connectivity index (χ3v) is 14.4. The van der Waals surface area contributed by atoms with Gasteiger partial charge in [-0.3, -0.25) is 0 Å². The molecule has 15 rings (SSSR count). The molecule has 4 heteroatoms. The van der Waals surface area contributed by atoms with Crippen LogP contribution in [0.5, 0.6) is 0 Å². The average Bonchev–Trinajstić information content (AvgIpc) is 4.17. The van der Waals surface area contributed by atoms with Gasteiger partial charge in [-0.05, 0) is 159 Å². The number of furan rings is 3. The number of hydrogen-bond donors (Lipinski definition) is 0. The third-order valence-electron chi connectivity index (χ3n) is 14.4. The summed E-state index contributed by atoms with van der Waals surface area (Å²) < 4.78 is 21.1. The largest absolute Gasteiger partial charge is 0.461 e. The summed E-state index contributed by atoms with van der Waals surface area (Å²) in [6.45, 7) is 5.90. The van der Waals surface area contributed by atoms with Crippen molar-refractivity contribution in [1.29, 1.82) is 0 Å². The fraction of sp³-hybridized carbons (Fsp3) is 0.0159. The fourth-order valence-electron chi connectivity index (χ4n) is 11.2. The maximum absolute atomic E-state index is 6.27. The molecule has 0 bridgehead atoms. The van der Waals surface area contributed by atoms with E-state index < -0.39 is 0 Å². The van der Waals surface area contributed by atoms with Crippen LogP contribution in [0, 0.1) is 6.92 Å². The quantitative estimate of drug-likeness (QED) is 0.162. The topological polar surface area (TPSA) is 43.8 Å². The SMILES string of the molecule is C=C/C=C\c1c(C)oc2ccc(-c3ccc4cc5c6cc(-c7ccc8oc9ccccc9c8c7)cc7c8cc9ccc(-c%10ccc%11oc%12ccccc%12c%11c%10)cc9cc8n(c5cc4c3)c67)cc12. The summed E-state index contributed by atoms with van der Waals surface area (Å²) in [7, 11) is 0. The van der Waals surface area contributed by atoms with Crippen molar-refractivity contribution in [2.24, 2.45) is 0 Å². The second kappa shape index (κ2) is 13.4. The number of rotatable bonds is 5. The van der Waals surface area contributed by atoms with Crippen molar-refractivity contribution < 1.29 is 13.3 Å². The van der Waals surface area contributed by atoms with Crippen LogP contribution in [-0.4, -0.2) is 4.40 Å². The van der Waals surface area contributed by atoms with Gasteiger partial charge >= 0.3 is 0 Å². The van der Waals surface area contributed by atoms with Gasteiger partial charge in [-0.1, -0.05) is 104 Å². The summed E-state index contributed by atoms with van der Waals surface area (Å²) in [6.07, 6.45) is 5.85. The highest BCUT2D eigenvalue weighted by atomic mass is 16.3. The molecule has 0 amide bonds. The molecule has 0 aliphatic rings. The molecule has 0 aliphatic carbocycles. The van der Waals surface area contributed by atoms with E-state index in [0.29, 0.717) is 0 Å². The van der Waals surface area contributed by atoms with E-state index in [-0.39, 0.29) is 0 Å². The lowest BCUT2D eigenvalue weighted by molar-refractivity contribution is 0.577. The molecule has 5 heterocycles. The Labute approximate surface area is 382 Å². The van der Waals surface area contributed by atoms with Crippen LogP contribution in [0.2, 0.25) is 0 Å². The van der Waals surface area contributed by atoms with Crippen LogP contribution in [0.25, 0.3) is 154 Å². The Balaban J connectivity index is 0.964. The van der Waals surface area contributed by atoms with E-state index in [9.17, 15) is 0 Å². The van der Waals surface area contributed by atoms with Crippen LogP contribution < -0.4 is 0 Å². The van der Waals surface area contributed by atoms with Gasteiger partial charge in [0.25, 0.3) is 0 Å². The molecule has 0 N–H and O–H groups in total. The van der Waals surface area contributed by atoms with E-state index in [2.05, 4.69) is 169 Å². The Kier molecular flexibility index (Phi) is 7.27. The molecule has 0 fully saturated rings. The first kappa shape index (κ1) is 36.5. The smallest absolute Gasteiger partial charge is 0.135 e. The van der Waals surface area contributed by atoms with Crippen LogP contribution in [0.3, 0.4) is 0 Å². The van der Waals surface area contributed by atoms with Gasteiger partial charge in [0, 0.05) is 54.0 Å². The monoisotopic (exact) mass is 855 g/mol. The highest BCUT2D eigenvalue weighted by Crippen LogP contribution is 2.45. The van der Waals surface area contributed by atoms with Crippen molar-refractivity contribution in [3.05, 3.63) is 206 Å². The van der Waals surface area contributed by atoms with Crippen molar-refractivity contribution in [2.75, 3.05) is 0 Å². The summed E-state index contributed by atoms with van der Waals surface area (Å²) in [5.74, 6) is 0.899. The first-order valence-electron chi connectivity index (χ1n) is 22.8. The summed E-state index contributed by atoms with van der Waals surface area (Å²) in [6, 6.07) is 64.4. The molecule has 0 spiro atoms. The van der Waals surface area contributed by atoms with Gasteiger partial charge in [-0.15, -0.1) is 0 Å². The van der Waals surface area contributed by atoms with Gasteiger partial charge in [0.15, 0.2) is 0 Å². The molecule has 0 saturated heterocycles. The Morgan fingerprint density at radius 3 is 1.37 bits per heavy atom. The maximum Gasteiger partial charge on any atom is 0.135 e. The number of nitrogens with zero attached hydrogens (tertiary/aromatic N) is 1. The van der Waals surface area contributed by atoms with Crippen LogP contribution in [0.1, 0.15) is 11.3 Å². The van der Waals surface area contributed by atoms with Crippen LogP contribution in [0.15, 0.2) is 208 Å². The maximum atomic E-state index is 6.27. The summed E-state index contributed by atoms with van der Waals surface area (Å²) >= 11 is 0. The van der Waals surface area contributed by atoms with Gasteiger partial charge < -0.3 is 17.7 Å². The Hall–Kier alpha value is -8.86. The predicted octanol–water partition coefficient (Wildman–Crippen LogP) is 18.2. The molecule has 5 aromatic heterocycles. The molecule has 10 aromatic carbocycles. The zero-order chi connectivity index (χ0) is 44.1. The average molecular weight is 856 g/mol. The zero-order valence-corrected chi connectivity index (χ0v) is 36.4. The van der Waals surface area contributed by atoms with E-state index in [1.807, 2.05) is 37.3 Å². The van der Waals surface area contributed by atoms with Crippen molar-refractivity contribution in [2.45, 2.75) is 6.92 Å². The Morgan fingerprint density at radius 2 is 0.821 bits per heavy atom. The fourth-order valence-corrected chi connectivity index (χ4v) is 11.2. The summed E-state index contributed by atoms with van der Waals surface area (Å²) in [5.41, 5.74) is 16.2. The number of benzene rings is 10. The number of hydrogen-bond acceptors (Lipinski definition) is 3. The van der Waals surface area contributed by atoms with Gasteiger partial charge in [-0.25, -0.2) is 0 Å². The van der Waals surface area contributed by atoms with E-state index in [1.165, 1.54) is 76.3 Å². The highest BCUT2D eigenvalue weighted by Gasteiger charge is 2.22. The molecule has 0 atom stereocenters. The molecular weight excluding hydrogens is 819 g/mol. The number of fused-ring (bicyclic) bond motifs is 15. The zero-order valence-electron chi connectivity index (χ0n) is 36.4. The minimum atomic E-state index is 0.884. The highest BCUT2D eigenvalue weighted by molar-refractivity contribution is 6.27. The van der Waals surface area contributed by atoms with Crippen LogP contribution >= 0.6 is 0 Å². The number of aromatic nitrogens is 1. The molecule has 0 saturated carbocycles. The van der Waals surface area contributed by atoms with Crippen molar-refractivity contribution in [3.8, 4) is 33.4 Å². The lowest BCUT2D eigenvalue weighted by Crippen LogP contribution is -1.84. The number of aryl methyl sites for hydroxylation is 1. The van der Waals surface area contributed by atoms with E-state index in [4.69, 9.17) is 13.3 Å². The number of para-hydroxylation sites is 2. The van der Waals surface area contributed by atoms with E-state index in [0.717, 1.165) is 82.9 Å². The molecule has 312 valence electrons. The van der Waals surface area contributed by atoms with Crippen molar-refractivity contribution in [1.82, 2.24) is 4.40 Å². The van der Waals surface area contributed by atoms with Gasteiger partial charge in [0.1, 0.15) is 33.7 Å². The van der Waals surface area contributed by atoms with Gasteiger partial charge in [-0.2, -0.15) is 0 Å². The molecule has 0 radical (unpaired) electrons. The van der Waals surface area contributed by atoms with Crippen molar-refractivity contribution >= 4 is 121 Å². The lowest BCUT2D eigenvalue weighted by atomic mass is 9.95. The van der Waals surface area contributed by atoms with Crippen LogP contribution in [-0.2, 0) is 0 Å². The molecule has 15 aromatic rings. The minimum Gasteiger partial charge on any atom is -0.461 e. The molecule has 0 aliphatic heterocycles. The van der Waals surface area contributed by atoms with Gasteiger partial charge in [0.05, 0.1) is 16.6 Å². The number of allylic oxidation sites excluding steroid dienone is 2. The Bertz CT molecular complexity index is 4660. The lowest BCUT2D eigenvalue weighted by Gasteiger charge is -2.08. The third kappa shape index (κ3) is 5.24. The summed E-state index contributed by atoms with van der Waals surface area (Å²) in [5, 5.41) is 15.4. The molecule has 0 unspecified atom stereocenters. The predicted molar refractivity (Wildman–Crippen MR) is 281 cm³/mol. The first-order chi connectivity index (χ1) is 33.0. The standard InChI is InChI=1S/C63H37NO3/c1-3-4-9-46-35(2)65-60-21-18-38(28-51(46)60)36-14-16-40-26-49-54-31-45(42-20-23-62-53(30-42)48-11-6-8-13-59(48)67-62)32-55-50-27-41-17-15-37(39-19-22-61-52(29-39)47-10-5-7-12-58(47)66-61)25-44(41)34-57(50)64(63(54)55)56(49)33-43(40)24-36/h3-34H,1H2,2H3/b9-4-. The Morgan fingerprint density at radius 1 is 0.373 bits per heavy atom. The first-order valence-corrected chi connectivity index (χ1v) is 22.8. The minimum absolute atomic E-state index is 0.884. The normalized spacial score (nSPS) is 12.6. The second-order valence-corrected chi connectivity index (χ2v) is 18.1. The molecule has 67 heavy (non-hydrogen) atoms. The molecule has 4 nitrogen and oxygen atoms in total. The van der Waals surface area contributed by atoms with Gasteiger partial charge in [0.2, 0.25) is 0 Å². The summed E-state index contributed by atoms with van der Waals surface area (Å²) in [4.78, 5) is 0. The second-order valence-electron chi connectivity index (χ2n) is 18.1. The van der Waals surface area contributed by atoms with Crippen LogP contribution in [0.4, 0.5) is 0 Å². The van der Waals surface area contributed by atoms with Crippen molar-refractivity contribution in [3.63, 3.8) is 0 Å². The van der Waals surface area contributed by atoms with E-state index in [1.54, 1.807) is 6.08 Å². The van der Waals surface area contributed by atoms with E-state index >= 15 is 0 Å².